The largest absolute Gasteiger partial charge is 0.462 e. The van der Waals surface area contributed by atoms with Gasteiger partial charge in [-0.3, -0.25) is 4.79 Å². The van der Waals surface area contributed by atoms with Crippen LogP contribution >= 0.6 is 0 Å². The van der Waals surface area contributed by atoms with Crippen molar-refractivity contribution in [3.05, 3.63) is 65.9 Å². The molecule has 1 aliphatic rings. The second-order valence-electron chi connectivity index (χ2n) is 7.86. The van der Waals surface area contributed by atoms with Gasteiger partial charge in [0.15, 0.2) is 0 Å². The number of benzene rings is 2. The first kappa shape index (κ1) is 24.6. The summed E-state index contributed by atoms with van der Waals surface area (Å²) in [6.07, 6.45) is 1.63. The minimum absolute atomic E-state index is 0.0488. The summed E-state index contributed by atoms with van der Waals surface area (Å²) in [6.45, 7) is 4.61. The molecule has 36 heavy (non-hydrogen) atoms. The average Bonchev–Trinajstić information content (AvgIpc) is 2.92. The molecule has 1 fully saturated rings. The maximum absolute atomic E-state index is 12.7. The van der Waals surface area contributed by atoms with E-state index < -0.39 is 5.97 Å². The molecule has 10 nitrogen and oxygen atoms in total. The Hall–Kier alpha value is -4.49. The van der Waals surface area contributed by atoms with Crippen molar-refractivity contribution in [2.75, 3.05) is 49.7 Å². The van der Waals surface area contributed by atoms with Gasteiger partial charge in [-0.15, -0.1) is 0 Å². The summed E-state index contributed by atoms with van der Waals surface area (Å²) in [4.78, 5) is 35.7. The second-order valence-corrected chi connectivity index (χ2v) is 7.86. The Morgan fingerprint density at radius 1 is 1.14 bits per heavy atom. The number of rotatable bonds is 8. The number of carbonyl (C=O) groups excluding carboxylic acids is 2. The van der Waals surface area contributed by atoms with Gasteiger partial charge in [-0.2, -0.15) is 5.26 Å². The topological polar surface area (TPSA) is 129 Å². The highest BCUT2D eigenvalue weighted by molar-refractivity contribution is 5.97. The molecule has 1 aliphatic heterocycles. The highest BCUT2D eigenvalue weighted by Crippen LogP contribution is 2.28. The molecular weight excluding hydrogens is 460 g/mol. The van der Waals surface area contributed by atoms with Crippen LogP contribution in [0.4, 0.5) is 17.3 Å². The smallest absolute Gasteiger partial charge is 0.340 e. The number of nitrogens with one attached hydrogen (secondary N) is 2. The first-order chi connectivity index (χ1) is 17.6. The van der Waals surface area contributed by atoms with Crippen molar-refractivity contribution in [1.29, 1.82) is 5.26 Å². The highest BCUT2D eigenvalue weighted by Gasteiger charge is 2.20. The molecule has 0 atom stereocenters. The van der Waals surface area contributed by atoms with Crippen molar-refractivity contribution in [2.24, 2.45) is 0 Å². The van der Waals surface area contributed by atoms with E-state index in [0.29, 0.717) is 54.8 Å². The number of esters is 1. The van der Waals surface area contributed by atoms with Crippen LogP contribution in [-0.2, 0) is 9.47 Å². The first-order valence-electron chi connectivity index (χ1n) is 11.6. The van der Waals surface area contributed by atoms with Gasteiger partial charge >= 0.3 is 5.97 Å². The fourth-order valence-electron chi connectivity index (χ4n) is 3.79. The van der Waals surface area contributed by atoms with Crippen LogP contribution in [-0.4, -0.2) is 61.3 Å². The number of nitrogens with zero attached hydrogens (tertiary/aromatic N) is 4. The first-order valence-corrected chi connectivity index (χ1v) is 11.6. The molecule has 3 aromatic rings. The minimum atomic E-state index is -0.392. The van der Waals surface area contributed by atoms with Gasteiger partial charge in [-0.05, 0) is 43.3 Å². The number of hydrogen-bond donors (Lipinski definition) is 2. The molecule has 0 unspecified atom stereocenters. The Balaban J connectivity index is 1.54. The van der Waals surface area contributed by atoms with Gasteiger partial charge in [0.25, 0.3) is 5.91 Å². The number of morpholine rings is 1. The number of amides is 1. The van der Waals surface area contributed by atoms with Crippen LogP contribution in [0, 0.1) is 11.3 Å². The van der Waals surface area contributed by atoms with Crippen molar-refractivity contribution >= 4 is 29.2 Å². The van der Waals surface area contributed by atoms with Crippen molar-refractivity contribution in [3.8, 4) is 17.3 Å². The summed E-state index contributed by atoms with van der Waals surface area (Å²) >= 11 is 0. The molecule has 2 N–H and O–H groups in total. The van der Waals surface area contributed by atoms with Crippen molar-refractivity contribution in [3.63, 3.8) is 0 Å². The zero-order valence-corrected chi connectivity index (χ0v) is 19.9. The normalized spacial score (nSPS) is 12.9. The van der Waals surface area contributed by atoms with Gasteiger partial charge < -0.3 is 25.0 Å². The second kappa shape index (κ2) is 11.8. The lowest BCUT2D eigenvalue weighted by atomic mass is 10.1. The Labute approximate surface area is 208 Å². The lowest BCUT2D eigenvalue weighted by molar-refractivity contribution is 0.0526. The molecule has 0 aliphatic carbocycles. The molecule has 0 bridgehead atoms. The summed E-state index contributed by atoms with van der Waals surface area (Å²) in [5, 5.41) is 14.3. The monoisotopic (exact) mass is 486 g/mol. The summed E-state index contributed by atoms with van der Waals surface area (Å²) in [5.74, 6) is -0.348. The number of aromatic nitrogens is 2. The fraction of sp³-hybridized carbons (Fsp3) is 0.269. The molecule has 0 saturated carbocycles. The Morgan fingerprint density at radius 3 is 2.64 bits per heavy atom. The third kappa shape index (κ3) is 5.95. The van der Waals surface area contributed by atoms with Crippen LogP contribution in [0.2, 0.25) is 0 Å². The Bertz CT molecular complexity index is 1270. The number of hydrogen-bond acceptors (Lipinski definition) is 9. The van der Waals surface area contributed by atoms with E-state index in [9.17, 15) is 9.59 Å². The van der Waals surface area contributed by atoms with E-state index in [0.717, 1.165) is 11.3 Å². The van der Waals surface area contributed by atoms with Gasteiger partial charge in [0.2, 0.25) is 5.95 Å². The predicted octanol–water partition coefficient (Wildman–Crippen LogP) is 3.15. The van der Waals surface area contributed by atoms with E-state index in [1.165, 1.54) is 0 Å². The van der Waals surface area contributed by atoms with Gasteiger partial charge in [-0.25, -0.2) is 14.8 Å². The van der Waals surface area contributed by atoms with Crippen LogP contribution in [0.1, 0.15) is 27.6 Å². The van der Waals surface area contributed by atoms with Gasteiger partial charge in [0.1, 0.15) is 6.54 Å². The Kier molecular flexibility index (Phi) is 8.05. The maximum Gasteiger partial charge on any atom is 0.340 e. The van der Waals surface area contributed by atoms with Gasteiger partial charge in [0.05, 0.1) is 42.8 Å². The van der Waals surface area contributed by atoms with E-state index in [1.807, 2.05) is 18.2 Å². The summed E-state index contributed by atoms with van der Waals surface area (Å²) in [5.41, 5.74) is 3.82. The molecule has 10 heteroatoms. The van der Waals surface area contributed by atoms with E-state index in [1.54, 1.807) is 49.5 Å². The van der Waals surface area contributed by atoms with Gasteiger partial charge in [0, 0.05) is 36.1 Å². The summed E-state index contributed by atoms with van der Waals surface area (Å²) in [6, 6.07) is 16.1. The zero-order chi connectivity index (χ0) is 25.3. The van der Waals surface area contributed by atoms with Gasteiger partial charge in [-0.1, -0.05) is 12.1 Å². The van der Waals surface area contributed by atoms with Crippen LogP contribution in [0.25, 0.3) is 11.3 Å². The lowest BCUT2D eigenvalue weighted by Crippen LogP contribution is -2.37. The van der Waals surface area contributed by atoms with Crippen molar-refractivity contribution < 1.29 is 19.1 Å². The standard InChI is InChI=1S/C26H26N6O4/c1-2-36-25(34)21-17-20(7-8-23(21)32-13-15-35-16-14-32)30-26-29-11-9-22(31-26)18-3-5-19(6-4-18)24(33)28-12-10-27/h3-9,11,17H,2,12-16H2,1H3,(H,28,33)(H,29,30,31). The number of carbonyl (C=O) groups is 2. The highest BCUT2D eigenvalue weighted by atomic mass is 16.5. The van der Waals surface area contributed by atoms with Crippen molar-refractivity contribution in [1.82, 2.24) is 15.3 Å². The van der Waals surface area contributed by atoms with E-state index >= 15 is 0 Å². The molecule has 2 heterocycles. The zero-order valence-electron chi connectivity index (χ0n) is 19.9. The van der Waals surface area contributed by atoms with E-state index in [4.69, 9.17) is 14.7 Å². The van der Waals surface area contributed by atoms with E-state index in [2.05, 4.69) is 25.5 Å². The van der Waals surface area contributed by atoms with Crippen LogP contribution < -0.4 is 15.5 Å². The maximum atomic E-state index is 12.7. The number of nitriles is 1. The molecule has 1 aromatic heterocycles. The summed E-state index contributed by atoms with van der Waals surface area (Å²) < 4.78 is 10.7. The van der Waals surface area contributed by atoms with Crippen LogP contribution in [0.15, 0.2) is 54.7 Å². The molecule has 0 spiro atoms. The SMILES string of the molecule is CCOC(=O)c1cc(Nc2nccc(-c3ccc(C(=O)NCC#N)cc3)n2)ccc1N1CCOCC1. The molecule has 0 radical (unpaired) electrons. The Morgan fingerprint density at radius 2 is 1.92 bits per heavy atom. The minimum Gasteiger partial charge on any atom is -0.462 e. The molecular formula is C26H26N6O4. The third-order valence-electron chi connectivity index (χ3n) is 5.53. The molecule has 1 saturated heterocycles. The quantitative estimate of drug-likeness (QED) is 0.364. The van der Waals surface area contributed by atoms with Crippen molar-refractivity contribution in [2.45, 2.75) is 6.92 Å². The third-order valence-corrected chi connectivity index (χ3v) is 5.53. The van der Waals surface area contributed by atoms with Crippen LogP contribution in [0.3, 0.4) is 0 Å². The predicted molar refractivity (Wildman–Crippen MR) is 134 cm³/mol. The molecule has 2 aromatic carbocycles. The lowest BCUT2D eigenvalue weighted by Gasteiger charge is -2.30. The average molecular weight is 487 g/mol. The van der Waals surface area contributed by atoms with E-state index in [-0.39, 0.29) is 19.1 Å². The molecule has 184 valence electrons. The number of anilines is 3. The molecule has 1 amide bonds. The summed E-state index contributed by atoms with van der Waals surface area (Å²) in [7, 11) is 0. The van der Waals surface area contributed by atoms with Crippen LogP contribution in [0.5, 0.6) is 0 Å². The molecule has 4 rings (SSSR count). The fourth-order valence-corrected chi connectivity index (χ4v) is 3.79. The number of ether oxygens (including phenoxy) is 2.